The molecule has 1 aliphatic rings. The Balaban J connectivity index is 2.35. The van der Waals surface area contributed by atoms with Gasteiger partial charge >= 0.3 is 5.97 Å². The molecule has 0 bridgehead atoms. The molecule has 0 aliphatic carbocycles. The van der Waals surface area contributed by atoms with Gasteiger partial charge in [0, 0.05) is 25.7 Å². The molecule has 0 unspecified atom stereocenters. The summed E-state index contributed by atoms with van der Waals surface area (Å²) in [7, 11) is 0. The lowest BCUT2D eigenvalue weighted by Crippen LogP contribution is -2.36. The summed E-state index contributed by atoms with van der Waals surface area (Å²) in [5.41, 5.74) is 1.63. The standard InChI is InChI=1S/C16H22N2O2/c1-13(6-7-16(19)20)4-5-14(2)12-18-10-8-15(17-3)9-11-18/h4-7,15H,1-3,8-12H2,(H,19,20)/b5-4-,7-6+. The van der Waals surface area contributed by atoms with Crippen molar-refractivity contribution in [3.8, 4) is 0 Å². The number of carboxylic acid groups (broad SMARTS) is 1. The zero-order chi connectivity index (χ0) is 15.0. The predicted molar refractivity (Wildman–Crippen MR) is 83.2 cm³/mol. The fourth-order valence-electron chi connectivity index (χ4n) is 2.06. The number of nitrogens with zero attached hydrogens (tertiary/aromatic N) is 2. The Labute approximate surface area is 120 Å². The molecule has 0 atom stereocenters. The number of allylic oxidation sites excluding steroid dienone is 3. The topological polar surface area (TPSA) is 52.9 Å². The van der Waals surface area contributed by atoms with Crippen LogP contribution in [0.4, 0.5) is 0 Å². The molecule has 1 fully saturated rings. The van der Waals surface area contributed by atoms with E-state index in [2.05, 4.69) is 29.8 Å². The van der Waals surface area contributed by atoms with Gasteiger partial charge in [-0.05, 0) is 36.8 Å². The van der Waals surface area contributed by atoms with Crippen LogP contribution >= 0.6 is 0 Å². The number of carboxylic acids is 1. The molecule has 0 radical (unpaired) electrons. The minimum absolute atomic E-state index is 0.399. The Morgan fingerprint density at radius 3 is 2.35 bits per heavy atom. The van der Waals surface area contributed by atoms with Gasteiger partial charge in [0.1, 0.15) is 0 Å². The molecule has 20 heavy (non-hydrogen) atoms. The Bertz CT molecular complexity index is 441. The summed E-state index contributed by atoms with van der Waals surface area (Å²) in [5, 5.41) is 8.51. The molecule has 1 saturated heterocycles. The first-order valence-corrected chi connectivity index (χ1v) is 6.65. The van der Waals surface area contributed by atoms with E-state index in [-0.39, 0.29) is 0 Å². The third-order valence-corrected chi connectivity index (χ3v) is 3.22. The summed E-state index contributed by atoms with van der Waals surface area (Å²) in [4.78, 5) is 16.8. The van der Waals surface area contributed by atoms with Crippen molar-refractivity contribution in [3.63, 3.8) is 0 Å². The van der Waals surface area contributed by atoms with Crippen molar-refractivity contribution in [1.82, 2.24) is 4.90 Å². The van der Waals surface area contributed by atoms with Crippen LogP contribution in [0, 0.1) is 0 Å². The Morgan fingerprint density at radius 2 is 1.80 bits per heavy atom. The molecule has 1 heterocycles. The van der Waals surface area contributed by atoms with Crippen molar-refractivity contribution >= 4 is 12.7 Å². The number of likely N-dealkylation sites (tertiary alicyclic amines) is 1. The largest absolute Gasteiger partial charge is 0.478 e. The number of aliphatic carboxylic acids is 1. The maximum absolute atomic E-state index is 10.4. The van der Waals surface area contributed by atoms with E-state index < -0.39 is 5.97 Å². The van der Waals surface area contributed by atoms with Crippen molar-refractivity contribution < 1.29 is 9.90 Å². The first kappa shape index (κ1) is 16.1. The highest BCUT2D eigenvalue weighted by Crippen LogP contribution is 2.14. The second-order valence-electron chi connectivity index (χ2n) is 4.93. The SMILES string of the molecule is C=NC1CCN(CC(=C)/C=C\C(=C)/C=C/C(=O)O)CC1. The summed E-state index contributed by atoms with van der Waals surface area (Å²) < 4.78 is 0. The van der Waals surface area contributed by atoms with Gasteiger partial charge in [-0.25, -0.2) is 4.79 Å². The summed E-state index contributed by atoms with van der Waals surface area (Å²) in [5.74, 6) is -0.975. The number of hydrogen-bond donors (Lipinski definition) is 1. The van der Waals surface area contributed by atoms with Crippen molar-refractivity contribution in [3.05, 3.63) is 48.6 Å². The van der Waals surface area contributed by atoms with E-state index in [0.29, 0.717) is 11.6 Å². The smallest absolute Gasteiger partial charge is 0.328 e. The lowest BCUT2D eigenvalue weighted by Gasteiger charge is -2.30. The molecule has 1 rings (SSSR count). The van der Waals surface area contributed by atoms with Gasteiger partial charge in [-0.1, -0.05) is 25.3 Å². The third kappa shape index (κ3) is 6.29. The van der Waals surface area contributed by atoms with Gasteiger partial charge in [-0.3, -0.25) is 9.89 Å². The van der Waals surface area contributed by atoms with E-state index in [0.717, 1.165) is 44.1 Å². The first-order valence-electron chi connectivity index (χ1n) is 6.65. The second kappa shape index (κ2) is 8.27. The summed E-state index contributed by atoms with van der Waals surface area (Å²) in [6.07, 6.45) is 8.30. The minimum atomic E-state index is -0.975. The molecule has 4 heteroatoms. The Kier molecular flexibility index (Phi) is 6.67. The predicted octanol–water partition coefficient (Wildman–Crippen LogP) is 2.46. The van der Waals surface area contributed by atoms with Gasteiger partial charge in [0.05, 0.1) is 6.04 Å². The van der Waals surface area contributed by atoms with Crippen LogP contribution in [0.1, 0.15) is 12.8 Å². The summed E-state index contributed by atoms with van der Waals surface area (Å²) in [6, 6.07) is 0.399. The van der Waals surface area contributed by atoms with Crippen LogP contribution in [0.3, 0.4) is 0 Å². The molecule has 4 nitrogen and oxygen atoms in total. The van der Waals surface area contributed by atoms with E-state index in [1.807, 2.05) is 6.08 Å². The Hall–Kier alpha value is -1.94. The molecule has 0 aromatic rings. The van der Waals surface area contributed by atoms with Gasteiger partial charge < -0.3 is 5.11 Å². The fourth-order valence-corrected chi connectivity index (χ4v) is 2.06. The number of carbonyl (C=O) groups is 1. The highest BCUT2D eigenvalue weighted by Gasteiger charge is 2.17. The van der Waals surface area contributed by atoms with Crippen LogP contribution in [-0.4, -0.2) is 48.4 Å². The van der Waals surface area contributed by atoms with E-state index in [9.17, 15) is 4.79 Å². The molecule has 1 N–H and O–H groups in total. The number of piperidine rings is 1. The van der Waals surface area contributed by atoms with Gasteiger partial charge in [-0.2, -0.15) is 0 Å². The molecule has 0 aromatic heterocycles. The van der Waals surface area contributed by atoms with E-state index in [1.54, 1.807) is 6.08 Å². The number of hydrogen-bond acceptors (Lipinski definition) is 3. The van der Waals surface area contributed by atoms with Crippen LogP contribution in [0.15, 0.2) is 53.6 Å². The normalized spacial score (nSPS) is 17.6. The van der Waals surface area contributed by atoms with Crippen molar-refractivity contribution in [1.29, 1.82) is 0 Å². The maximum atomic E-state index is 10.4. The molecule has 0 amide bonds. The lowest BCUT2D eigenvalue weighted by atomic mass is 10.1. The molecule has 1 aliphatic heterocycles. The van der Waals surface area contributed by atoms with Crippen molar-refractivity contribution in [2.45, 2.75) is 18.9 Å². The number of rotatable bonds is 7. The maximum Gasteiger partial charge on any atom is 0.328 e. The van der Waals surface area contributed by atoms with Crippen LogP contribution in [0.2, 0.25) is 0 Å². The van der Waals surface area contributed by atoms with Gasteiger partial charge in [0.15, 0.2) is 0 Å². The fraction of sp³-hybridized carbons (Fsp3) is 0.375. The molecular formula is C16H22N2O2. The second-order valence-corrected chi connectivity index (χ2v) is 4.93. The van der Waals surface area contributed by atoms with Crippen LogP contribution in [0.25, 0.3) is 0 Å². The van der Waals surface area contributed by atoms with Crippen LogP contribution in [-0.2, 0) is 4.79 Å². The molecular weight excluding hydrogens is 252 g/mol. The van der Waals surface area contributed by atoms with Crippen molar-refractivity contribution in [2.24, 2.45) is 4.99 Å². The van der Waals surface area contributed by atoms with E-state index >= 15 is 0 Å². The van der Waals surface area contributed by atoms with Gasteiger partial charge in [0.25, 0.3) is 0 Å². The monoisotopic (exact) mass is 274 g/mol. The zero-order valence-electron chi connectivity index (χ0n) is 11.8. The molecule has 0 saturated carbocycles. The van der Waals surface area contributed by atoms with Crippen LogP contribution in [0.5, 0.6) is 0 Å². The summed E-state index contributed by atoms with van der Waals surface area (Å²) >= 11 is 0. The molecule has 0 aromatic carbocycles. The quantitative estimate of drug-likeness (QED) is 0.441. The minimum Gasteiger partial charge on any atom is -0.478 e. The van der Waals surface area contributed by atoms with Crippen molar-refractivity contribution in [2.75, 3.05) is 19.6 Å². The Morgan fingerprint density at radius 1 is 1.20 bits per heavy atom. The molecule has 0 spiro atoms. The van der Waals surface area contributed by atoms with Gasteiger partial charge in [0.2, 0.25) is 0 Å². The average Bonchev–Trinajstić information content (AvgIpc) is 2.43. The highest BCUT2D eigenvalue weighted by atomic mass is 16.4. The zero-order valence-corrected chi connectivity index (χ0v) is 11.8. The highest BCUT2D eigenvalue weighted by molar-refractivity contribution is 5.80. The van der Waals surface area contributed by atoms with Crippen LogP contribution < -0.4 is 0 Å². The third-order valence-electron chi connectivity index (χ3n) is 3.22. The average molecular weight is 274 g/mol. The lowest BCUT2D eigenvalue weighted by molar-refractivity contribution is -0.131. The summed E-state index contributed by atoms with van der Waals surface area (Å²) in [6.45, 7) is 14.2. The van der Waals surface area contributed by atoms with E-state index in [4.69, 9.17) is 5.11 Å². The number of aliphatic imine (C=N–C) groups is 1. The van der Waals surface area contributed by atoms with Gasteiger partial charge in [-0.15, -0.1) is 0 Å². The first-order chi connectivity index (χ1) is 9.51. The molecule has 108 valence electrons. The van der Waals surface area contributed by atoms with E-state index in [1.165, 1.54) is 6.08 Å².